The van der Waals surface area contributed by atoms with E-state index in [1.807, 2.05) is 30.3 Å². The summed E-state index contributed by atoms with van der Waals surface area (Å²) in [7, 11) is 0. The zero-order valence-corrected chi connectivity index (χ0v) is 18.8. The van der Waals surface area contributed by atoms with Crippen molar-refractivity contribution < 1.29 is 14.4 Å². The summed E-state index contributed by atoms with van der Waals surface area (Å²) in [5.41, 5.74) is 1.10. The van der Waals surface area contributed by atoms with Crippen LogP contribution in [0.2, 0.25) is 0 Å². The maximum absolute atomic E-state index is 13.0. The minimum atomic E-state index is -0.331. The lowest BCUT2D eigenvalue weighted by atomic mass is 9.76. The van der Waals surface area contributed by atoms with Gasteiger partial charge < -0.3 is 15.5 Å². The normalized spacial score (nSPS) is 23.5. The standard InChI is InChI=1S/C24H36N4O3/c1-3-27(4-2)15-8-14-25-22(29)19-11-12-20-21(17-19)26-24(31)28(23(20)30)16-13-18-9-6-5-7-10-18/h5-7,9-10,19-21H,3-4,8,11-17H2,1-2H3,(H,25,29)(H,26,31). The van der Waals surface area contributed by atoms with Crippen LogP contribution < -0.4 is 10.6 Å². The minimum Gasteiger partial charge on any atom is -0.356 e. The Balaban J connectivity index is 1.46. The molecule has 0 bridgehead atoms. The highest BCUT2D eigenvalue weighted by molar-refractivity contribution is 5.99. The number of carbonyl (C=O) groups excluding carboxylic acids is 3. The van der Waals surface area contributed by atoms with E-state index in [-0.39, 0.29) is 35.7 Å². The van der Waals surface area contributed by atoms with Crippen molar-refractivity contribution in [2.24, 2.45) is 11.8 Å². The van der Waals surface area contributed by atoms with E-state index in [0.717, 1.165) is 31.6 Å². The third-order valence-electron chi connectivity index (χ3n) is 6.67. The summed E-state index contributed by atoms with van der Waals surface area (Å²) in [6, 6.07) is 9.29. The molecule has 0 spiro atoms. The van der Waals surface area contributed by atoms with Gasteiger partial charge in [-0.25, -0.2) is 4.79 Å². The van der Waals surface area contributed by atoms with E-state index in [9.17, 15) is 14.4 Å². The maximum atomic E-state index is 13.0. The molecule has 31 heavy (non-hydrogen) atoms. The lowest BCUT2D eigenvalue weighted by molar-refractivity contribution is -0.139. The molecule has 0 radical (unpaired) electrons. The molecule has 1 saturated carbocycles. The predicted molar refractivity (Wildman–Crippen MR) is 120 cm³/mol. The first-order chi connectivity index (χ1) is 15.0. The number of imide groups is 1. The summed E-state index contributed by atoms with van der Waals surface area (Å²) in [5, 5.41) is 6.04. The van der Waals surface area contributed by atoms with Gasteiger partial charge in [0, 0.05) is 25.0 Å². The summed E-state index contributed by atoms with van der Waals surface area (Å²) in [5.74, 6) is -0.409. The zero-order valence-electron chi connectivity index (χ0n) is 18.8. The molecule has 3 rings (SSSR count). The van der Waals surface area contributed by atoms with Gasteiger partial charge in [-0.1, -0.05) is 44.2 Å². The molecule has 4 amide bonds. The second kappa shape index (κ2) is 11.3. The van der Waals surface area contributed by atoms with Crippen LogP contribution in [0.1, 0.15) is 45.1 Å². The zero-order chi connectivity index (χ0) is 22.2. The van der Waals surface area contributed by atoms with Gasteiger partial charge in [0.05, 0.1) is 5.92 Å². The molecule has 7 nitrogen and oxygen atoms in total. The highest BCUT2D eigenvalue weighted by Gasteiger charge is 2.45. The lowest BCUT2D eigenvalue weighted by Gasteiger charge is -2.42. The molecule has 2 aliphatic rings. The largest absolute Gasteiger partial charge is 0.356 e. The van der Waals surface area contributed by atoms with Crippen LogP contribution in [0.4, 0.5) is 4.79 Å². The average molecular weight is 429 g/mol. The fourth-order valence-corrected chi connectivity index (χ4v) is 4.70. The number of fused-ring (bicyclic) bond motifs is 1. The van der Waals surface area contributed by atoms with Gasteiger partial charge in [0.25, 0.3) is 0 Å². The molecule has 3 atom stereocenters. The Morgan fingerprint density at radius 2 is 1.90 bits per heavy atom. The molecule has 1 heterocycles. The Hall–Kier alpha value is -2.41. The third-order valence-corrected chi connectivity index (χ3v) is 6.67. The summed E-state index contributed by atoms with van der Waals surface area (Å²) in [6.45, 7) is 8.35. The molecule has 0 aromatic heterocycles. The first-order valence-electron chi connectivity index (χ1n) is 11.7. The Morgan fingerprint density at radius 3 is 2.61 bits per heavy atom. The highest BCUT2D eigenvalue weighted by atomic mass is 16.2. The van der Waals surface area contributed by atoms with Gasteiger partial charge >= 0.3 is 6.03 Å². The number of nitrogens with zero attached hydrogens (tertiary/aromatic N) is 2. The molecule has 3 unspecified atom stereocenters. The van der Waals surface area contributed by atoms with E-state index < -0.39 is 0 Å². The van der Waals surface area contributed by atoms with Crippen molar-refractivity contribution in [3.05, 3.63) is 35.9 Å². The van der Waals surface area contributed by atoms with E-state index in [2.05, 4.69) is 29.4 Å². The second-order valence-electron chi connectivity index (χ2n) is 8.57. The quantitative estimate of drug-likeness (QED) is 0.561. The molecule has 1 aromatic rings. The molecule has 1 aliphatic carbocycles. The van der Waals surface area contributed by atoms with E-state index in [0.29, 0.717) is 38.8 Å². The van der Waals surface area contributed by atoms with Gasteiger partial charge in [0.2, 0.25) is 11.8 Å². The molecule has 2 N–H and O–H groups in total. The number of hydrogen-bond acceptors (Lipinski definition) is 4. The van der Waals surface area contributed by atoms with Crippen LogP contribution in [0.15, 0.2) is 30.3 Å². The van der Waals surface area contributed by atoms with Gasteiger partial charge in [0.15, 0.2) is 0 Å². The Labute approximate surface area is 185 Å². The van der Waals surface area contributed by atoms with E-state index >= 15 is 0 Å². The lowest BCUT2D eigenvalue weighted by Crippen LogP contribution is -2.62. The van der Waals surface area contributed by atoms with Gasteiger partial charge in [0.1, 0.15) is 0 Å². The van der Waals surface area contributed by atoms with Crippen molar-refractivity contribution in [2.45, 2.75) is 52.0 Å². The summed E-state index contributed by atoms with van der Waals surface area (Å²) >= 11 is 0. The van der Waals surface area contributed by atoms with Gasteiger partial charge in [-0.3, -0.25) is 14.5 Å². The van der Waals surface area contributed by atoms with Crippen LogP contribution in [0, 0.1) is 11.8 Å². The number of urea groups is 1. The van der Waals surface area contributed by atoms with Crippen LogP contribution >= 0.6 is 0 Å². The van der Waals surface area contributed by atoms with Crippen LogP contribution in [0.3, 0.4) is 0 Å². The smallest absolute Gasteiger partial charge is 0.324 e. The van der Waals surface area contributed by atoms with Crippen molar-refractivity contribution in [3.63, 3.8) is 0 Å². The first kappa shape index (κ1) is 23.3. The number of nitrogens with one attached hydrogen (secondary N) is 2. The summed E-state index contributed by atoms with van der Waals surface area (Å²) in [4.78, 5) is 41.8. The maximum Gasteiger partial charge on any atom is 0.324 e. The summed E-state index contributed by atoms with van der Waals surface area (Å²) < 4.78 is 0. The SMILES string of the molecule is CCN(CC)CCCNC(=O)C1CCC2C(=O)N(CCc3ccccc3)C(=O)NC2C1. The molecule has 7 heteroatoms. The fraction of sp³-hybridized carbons (Fsp3) is 0.625. The highest BCUT2D eigenvalue weighted by Crippen LogP contribution is 2.33. The van der Waals surface area contributed by atoms with Crippen molar-refractivity contribution in [2.75, 3.05) is 32.7 Å². The molecule has 1 saturated heterocycles. The minimum absolute atomic E-state index is 0.0474. The molecule has 1 aromatic carbocycles. The number of benzene rings is 1. The first-order valence-corrected chi connectivity index (χ1v) is 11.7. The van der Waals surface area contributed by atoms with Crippen molar-refractivity contribution >= 4 is 17.8 Å². The van der Waals surface area contributed by atoms with Crippen molar-refractivity contribution in [1.82, 2.24) is 20.4 Å². The number of rotatable bonds is 10. The molecular weight excluding hydrogens is 392 g/mol. The molecular formula is C24H36N4O3. The fourth-order valence-electron chi connectivity index (χ4n) is 4.70. The van der Waals surface area contributed by atoms with Crippen LogP contribution in [-0.2, 0) is 16.0 Å². The van der Waals surface area contributed by atoms with E-state index in [4.69, 9.17) is 0 Å². The number of amides is 4. The van der Waals surface area contributed by atoms with Gasteiger partial charge in [-0.15, -0.1) is 0 Å². The monoisotopic (exact) mass is 428 g/mol. The summed E-state index contributed by atoms with van der Waals surface area (Å²) in [6.07, 6.45) is 3.45. The van der Waals surface area contributed by atoms with Gasteiger partial charge in [-0.2, -0.15) is 0 Å². The molecule has 2 fully saturated rings. The topological polar surface area (TPSA) is 81.8 Å². The van der Waals surface area contributed by atoms with Crippen LogP contribution in [0.5, 0.6) is 0 Å². The predicted octanol–water partition coefficient (Wildman–Crippen LogP) is 2.41. The Bertz CT molecular complexity index is 750. The Kier molecular flexibility index (Phi) is 8.46. The average Bonchev–Trinajstić information content (AvgIpc) is 2.79. The number of carbonyl (C=O) groups is 3. The second-order valence-corrected chi connectivity index (χ2v) is 8.57. The molecule has 170 valence electrons. The van der Waals surface area contributed by atoms with Gasteiger partial charge in [-0.05, 0) is 57.3 Å². The Morgan fingerprint density at radius 1 is 1.16 bits per heavy atom. The number of hydrogen-bond donors (Lipinski definition) is 2. The molecule has 1 aliphatic heterocycles. The van der Waals surface area contributed by atoms with Crippen molar-refractivity contribution in [1.29, 1.82) is 0 Å². The third kappa shape index (κ3) is 6.06. The van der Waals surface area contributed by atoms with E-state index in [1.54, 1.807) is 0 Å². The van der Waals surface area contributed by atoms with Crippen molar-refractivity contribution in [3.8, 4) is 0 Å². The van der Waals surface area contributed by atoms with Crippen LogP contribution in [-0.4, -0.2) is 66.4 Å². The van der Waals surface area contributed by atoms with E-state index in [1.165, 1.54) is 4.90 Å². The van der Waals surface area contributed by atoms with Crippen LogP contribution in [0.25, 0.3) is 0 Å².